The Morgan fingerprint density at radius 1 is 0.896 bits per heavy atom. The summed E-state index contributed by atoms with van der Waals surface area (Å²) in [6, 6.07) is 13.6. The Balaban J connectivity index is 1.68. The van der Waals surface area contributed by atoms with E-state index in [-0.39, 0.29) is 23.0 Å². The normalized spacial score (nSPS) is 12.8. The lowest BCUT2D eigenvalue weighted by Crippen LogP contribution is -2.34. The SMILES string of the molecule is COc1c(NC(=O)c2ccc(C)c(-n3cc(C(=O)N[C@H](C)c4ccccc4)nn3)c2)cc(C(C(F)(F)F)C(F)(F)F)cc1NS(C)(=O)=O. The fourth-order valence-corrected chi connectivity index (χ4v) is 5.29. The number of halogens is 6. The fourth-order valence-electron chi connectivity index (χ4n) is 4.74. The van der Waals surface area contributed by atoms with Gasteiger partial charge >= 0.3 is 12.4 Å². The summed E-state index contributed by atoms with van der Waals surface area (Å²) in [6.45, 7) is 3.43. The van der Waals surface area contributed by atoms with Crippen LogP contribution in [-0.2, 0) is 10.0 Å². The van der Waals surface area contributed by atoms with Crippen LogP contribution in [0.5, 0.6) is 5.75 Å². The van der Waals surface area contributed by atoms with Gasteiger partial charge in [0.2, 0.25) is 10.0 Å². The zero-order chi connectivity index (χ0) is 35.6. The minimum Gasteiger partial charge on any atom is -0.492 e. The number of carbonyl (C=O) groups is 2. The first-order valence-corrected chi connectivity index (χ1v) is 15.7. The summed E-state index contributed by atoms with van der Waals surface area (Å²) >= 11 is 0. The molecule has 0 spiro atoms. The van der Waals surface area contributed by atoms with Crippen molar-refractivity contribution in [2.24, 2.45) is 0 Å². The first kappa shape index (κ1) is 35.7. The molecule has 4 aromatic rings. The molecule has 0 bridgehead atoms. The third-order valence-electron chi connectivity index (χ3n) is 6.94. The number of anilines is 2. The van der Waals surface area contributed by atoms with Crippen LogP contribution in [0.15, 0.2) is 66.9 Å². The molecule has 0 aliphatic heterocycles. The number of nitrogens with one attached hydrogen (secondary N) is 3. The second-order valence-electron chi connectivity index (χ2n) is 10.6. The Morgan fingerprint density at radius 3 is 2.10 bits per heavy atom. The Hall–Kier alpha value is -5.13. The molecule has 1 aromatic heterocycles. The van der Waals surface area contributed by atoms with Gasteiger partial charge in [-0.05, 0) is 54.8 Å². The van der Waals surface area contributed by atoms with E-state index in [1.807, 2.05) is 35.1 Å². The monoisotopic (exact) mass is 698 g/mol. The number of sulfonamides is 1. The van der Waals surface area contributed by atoms with Crippen molar-refractivity contribution in [1.29, 1.82) is 0 Å². The maximum absolute atomic E-state index is 13.6. The van der Waals surface area contributed by atoms with Crippen molar-refractivity contribution >= 4 is 33.2 Å². The summed E-state index contributed by atoms with van der Waals surface area (Å²) in [4.78, 5) is 26.2. The number of nitrogens with zero attached hydrogens (tertiary/aromatic N) is 3. The Labute approximate surface area is 270 Å². The van der Waals surface area contributed by atoms with E-state index >= 15 is 0 Å². The van der Waals surface area contributed by atoms with E-state index in [0.29, 0.717) is 24.0 Å². The molecule has 4 rings (SSSR count). The Bertz CT molecular complexity index is 1920. The van der Waals surface area contributed by atoms with Gasteiger partial charge in [0.1, 0.15) is 0 Å². The third-order valence-corrected chi connectivity index (χ3v) is 7.53. The second kappa shape index (κ2) is 13.5. The lowest BCUT2D eigenvalue weighted by atomic mass is 9.96. The van der Waals surface area contributed by atoms with E-state index in [1.54, 1.807) is 13.8 Å². The van der Waals surface area contributed by atoms with Gasteiger partial charge < -0.3 is 15.4 Å². The number of aromatic nitrogens is 3. The molecule has 3 N–H and O–H groups in total. The quantitative estimate of drug-likeness (QED) is 0.175. The Kier molecular flexibility index (Phi) is 10.1. The number of ether oxygens (including phenoxy) is 1. The average Bonchev–Trinajstić information content (AvgIpc) is 3.46. The summed E-state index contributed by atoms with van der Waals surface area (Å²) < 4.78 is 114. The summed E-state index contributed by atoms with van der Waals surface area (Å²) in [5, 5.41) is 12.9. The van der Waals surface area contributed by atoms with Gasteiger partial charge in [0.25, 0.3) is 11.8 Å². The molecule has 11 nitrogen and oxygen atoms in total. The van der Waals surface area contributed by atoms with E-state index < -0.39 is 62.8 Å². The van der Waals surface area contributed by atoms with Gasteiger partial charge in [-0.3, -0.25) is 14.3 Å². The van der Waals surface area contributed by atoms with Crippen LogP contribution < -0.4 is 20.1 Å². The highest BCUT2D eigenvalue weighted by atomic mass is 32.2. The molecule has 0 saturated carbocycles. The van der Waals surface area contributed by atoms with Gasteiger partial charge in [-0.1, -0.05) is 41.6 Å². The molecule has 0 radical (unpaired) electrons. The summed E-state index contributed by atoms with van der Waals surface area (Å²) in [7, 11) is -3.26. The second-order valence-corrected chi connectivity index (χ2v) is 12.4. The van der Waals surface area contributed by atoms with Crippen LogP contribution in [-0.4, -0.2) is 60.9 Å². The number of hydrogen-bond donors (Lipinski definition) is 3. The molecule has 256 valence electrons. The van der Waals surface area contributed by atoms with E-state index in [2.05, 4.69) is 20.9 Å². The number of alkyl halides is 6. The van der Waals surface area contributed by atoms with Crippen LogP contribution in [0, 0.1) is 6.92 Å². The predicted molar refractivity (Wildman–Crippen MR) is 163 cm³/mol. The van der Waals surface area contributed by atoms with E-state index in [9.17, 15) is 44.3 Å². The van der Waals surface area contributed by atoms with E-state index in [4.69, 9.17) is 4.74 Å². The van der Waals surface area contributed by atoms with Gasteiger partial charge in [-0.2, -0.15) is 26.3 Å². The lowest BCUT2D eigenvalue weighted by molar-refractivity contribution is -0.253. The van der Waals surface area contributed by atoms with Crippen molar-refractivity contribution in [3.8, 4) is 11.4 Å². The maximum Gasteiger partial charge on any atom is 0.404 e. The standard InChI is InChI=1S/C30H28F6N6O5S/c1-16-10-11-19(14-24(16)42-15-23(39-41-42)28(44)37-17(2)18-8-6-5-7-9-18)27(43)38-21-12-20(26(29(31,32)33)30(34,35)36)13-22(25(21)47-3)40-48(4,45)46/h5-15,17,26,40H,1-4H3,(H,37,44)(H,38,43)/t17-/m1/s1. The summed E-state index contributed by atoms with van der Waals surface area (Å²) in [5.41, 5.74) is -1.38. The molecule has 1 heterocycles. The molecule has 1 atom stereocenters. The zero-order valence-corrected chi connectivity index (χ0v) is 26.4. The minimum absolute atomic E-state index is 0.0524. The number of aryl methyl sites for hydroxylation is 1. The van der Waals surface area contributed by atoms with Crippen LogP contribution in [0.4, 0.5) is 37.7 Å². The van der Waals surface area contributed by atoms with E-state index in [1.165, 1.54) is 29.1 Å². The van der Waals surface area contributed by atoms with Crippen molar-refractivity contribution in [1.82, 2.24) is 20.3 Å². The topological polar surface area (TPSA) is 144 Å². The number of benzene rings is 3. The average molecular weight is 699 g/mol. The van der Waals surface area contributed by atoms with Gasteiger partial charge in [0, 0.05) is 5.56 Å². The van der Waals surface area contributed by atoms with Crippen molar-refractivity contribution in [3.63, 3.8) is 0 Å². The van der Waals surface area contributed by atoms with Crippen molar-refractivity contribution < 1.29 is 49.1 Å². The highest BCUT2D eigenvalue weighted by Gasteiger charge is 2.57. The highest BCUT2D eigenvalue weighted by molar-refractivity contribution is 7.92. The number of carbonyl (C=O) groups excluding carboxylic acids is 2. The number of rotatable bonds is 10. The molecular weight excluding hydrogens is 670 g/mol. The molecule has 0 aliphatic rings. The molecule has 2 amide bonds. The van der Waals surface area contributed by atoms with Crippen LogP contribution in [0.3, 0.4) is 0 Å². The number of amides is 2. The van der Waals surface area contributed by atoms with Crippen molar-refractivity contribution in [3.05, 3.63) is 94.8 Å². The van der Waals surface area contributed by atoms with Crippen molar-refractivity contribution in [2.45, 2.75) is 38.2 Å². The van der Waals surface area contributed by atoms with Crippen LogP contribution in [0.25, 0.3) is 5.69 Å². The smallest absolute Gasteiger partial charge is 0.404 e. The third kappa shape index (κ3) is 8.41. The Morgan fingerprint density at radius 2 is 1.52 bits per heavy atom. The van der Waals surface area contributed by atoms with Crippen LogP contribution >= 0.6 is 0 Å². The van der Waals surface area contributed by atoms with Gasteiger partial charge in [-0.15, -0.1) is 5.10 Å². The maximum atomic E-state index is 13.6. The molecule has 3 aromatic carbocycles. The molecule has 48 heavy (non-hydrogen) atoms. The molecule has 0 aliphatic carbocycles. The summed E-state index contributed by atoms with van der Waals surface area (Å²) in [6.07, 6.45) is -9.72. The van der Waals surface area contributed by atoms with Crippen LogP contribution in [0.2, 0.25) is 0 Å². The van der Waals surface area contributed by atoms with Gasteiger partial charge in [0.05, 0.1) is 42.7 Å². The molecular formula is C30H28F6N6O5S. The largest absolute Gasteiger partial charge is 0.492 e. The lowest BCUT2D eigenvalue weighted by Gasteiger charge is -2.25. The highest BCUT2D eigenvalue weighted by Crippen LogP contribution is 2.49. The molecule has 0 fully saturated rings. The van der Waals surface area contributed by atoms with Gasteiger partial charge in [-0.25, -0.2) is 13.1 Å². The molecule has 0 unspecified atom stereocenters. The molecule has 18 heteroatoms. The van der Waals surface area contributed by atoms with Crippen molar-refractivity contribution in [2.75, 3.05) is 23.4 Å². The first-order valence-electron chi connectivity index (χ1n) is 13.8. The first-order chi connectivity index (χ1) is 22.3. The fraction of sp³-hybridized carbons (Fsp3) is 0.267. The van der Waals surface area contributed by atoms with Crippen LogP contribution in [0.1, 0.15) is 56.4 Å². The minimum atomic E-state index is -5.82. The zero-order valence-electron chi connectivity index (χ0n) is 25.6. The number of hydrogen-bond acceptors (Lipinski definition) is 7. The summed E-state index contributed by atoms with van der Waals surface area (Å²) in [5.74, 6) is -6.12. The van der Waals surface area contributed by atoms with E-state index in [0.717, 1.165) is 12.7 Å². The predicted octanol–water partition coefficient (Wildman–Crippen LogP) is 5.91. The van der Waals surface area contributed by atoms with Gasteiger partial charge in [0.15, 0.2) is 17.4 Å². The number of methoxy groups -OCH3 is 1. The molecule has 0 saturated heterocycles.